The van der Waals surface area contributed by atoms with Gasteiger partial charge in [-0.1, -0.05) is 0 Å². The van der Waals surface area contributed by atoms with Crippen LogP contribution >= 0.6 is 0 Å². The highest BCUT2D eigenvalue weighted by Gasteiger charge is 2.38. The maximum Gasteiger partial charge on any atom is 0.237 e. The van der Waals surface area contributed by atoms with Crippen LogP contribution in [0, 0.1) is 5.41 Å². The molecule has 0 atom stereocenters. The molecule has 1 N–H and O–H groups in total. The fraction of sp³-hybridized carbons (Fsp3) is 0.533. The highest BCUT2D eigenvalue weighted by Crippen LogP contribution is 2.19. The molecule has 0 aromatic carbocycles. The normalized spacial score (nSPS) is 11.0. The molecule has 0 saturated heterocycles. The molecule has 1 rings (SSSR count). The summed E-state index contributed by atoms with van der Waals surface area (Å²) in [6.07, 6.45) is 3.35. The average Bonchev–Trinajstić information content (AvgIpc) is 2.46. The quantitative estimate of drug-likeness (QED) is 0.803. The van der Waals surface area contributed by atoms with Gasteiger partial charge in [-0.15, -0.1) is 0 Å². The van der Waals surface area contributed by atoms with Gasteiger partial charge in [0.15, 0.2) is 0 Å². The lowest BCUT2D eigenvalue weighted by atomic mass is 9.90. The first-order valence-electron chi connectivity index (χ1n) is 6.90. The van der Waals surface area contributed by atoms with Gasteiger partial charge in [0.2, 0.25) is 11.8 Å². The maximum absolute atomic E-state index is 12.3. The zero-order valence-corrected chi connectivity index (χ0v) is 12.6. The lowest BCUT2D eigenvalue weighted by molar-refractivity contribution is -0.148. The lowest BCUT2D eigenvalue weighted by Gasteiger charge is -2.29. The van der Waals surface area contributed by atoms with Crippen molar-refractivity contribution in [3.05, 3.63) is 30.1 Å². The molecule has 0 aliphatic carbocycles. The second-order valence-corrected chi connectivity index (χ2v) is 5.14. The average molecular weight is 277 g/mol. The number of nitrogens with zero attached hydrogens (tertiary/aromatic N) is 2. The largest absolute Gasteiger partial charge is 0.351 e. The van der Waals surface area contributed by atoms with Gasteiger partial charge in [-0.05, 0) is 45.4 Å². The Morgan fingerprint density at radius 1 is 1.20 bits per heavy atom. The third-order valence-electron chi connectivity index (χ3n) is 3.36. The minimum atomic E-state index is -1.06. The minimum Gasteiger partial charge on any atom is -0.351 e. The van der Waals surface area contributed by atoms with Gasteiger partial charge >= 0.3 is 0 Å². The molecule has 1 aromatic heterocycles. The number of carbonyl (C=O) groups is 2. The van der Waals surface area contributed by atoms with Crippen LogP contribution in [-0.2, 0) is 16.1 Å². The van der Waals surface area contributed by atoms with Gasteiger partial charge in [0.25, 0.3) is 0 Å². The summed E-state index contributed by atoms with van der Waals surface area (Å²) in [5.74, 6) is -0.402. The van der Waals surface area contributed by atoms with Crippen molar-refractivity contribution in [3.8, 4) is 0 Å². The second-order valence-electron chi connectivity index (χ2n) is 5.14. The number of rotatable bonds is 6. The van der Waals surface area contributed by atoms with Crippen molar-refractivity contribution in [1.82, 2.24) is 15.2 Å². The Bertz CT molecular complexity index is 453. The van der Waals surface area contributed by atoms with Crippen molar-refractivity contribution in [1.29, 1.82) is 0 Å². The smallest absolute Gasteiger partial charge is 0.237 e. The van der Waals surface area contributed by atoms with E-state index in [9.17, 15) is 9.59 Å². The van der Waals surface area contributed by atoms with Gasteiger partial charge in [0, 0.05) is 32.0 Å². The zero-order chi connectivity index (χ0) is 15.2. The third kappa shape index (κ3) is 3.79. The SMILES string of the molecule is CCN(CC)C(=O)C(C)(C)C(=O)NCc1ccncc1. The molecule has 5 nitrogen and oxygen atoms in total. The van der Waals surface area contributed by atoms with Crippen LogP contribution in [0.25, 0.3) is 0 Å². The second kappa shape index (κ2) is 7.03. The summed E-state index contributed by atoms with van der Waals surface area (Å²) >= 11 is 0. The van der Waals surface area contributed by atoms with Gasteiger partial charge in [-0.2, -0.15) is 0 Å². The molecule has 0 bridgehead atoms. The third-order valence-corrected chi connectivity index (χ3v) is 3.36. The molecular weight excluding hydrogens is 254 g/mol. The monoisotopic (exact) mass is 277 g/mol. The number of carbonyl (C=O) groups excluding carboxylic acids is 2. The number of pyridine rings is 1. The topological polar surface area (TPSA) is 62.3 Å². The molecule has 1 heterocycles. The Balaban J connectivity index is 2.67. The van der Waals surface area contributed by atoms with E-state index in [1.807, 2.05) is 26.0 Å². The summed E-state index contributed by atoms with van der Waals surface area (Å²) < 4.78 is 0. The molecule has 1 aromatic rings. The van der Waals surface area contributed by atoms with E-state index in [-0.39, 0.29) is 11.8 Å². The first-order chi connectivity index (χ1) is 9.43. The van der Waals surface area contributed by atoms with E-state index in [2.05, 4.69) is 10.3 Å². The van der Waals surface area contributed by atoms with Gasteiger partial charge in [-0.25, -0.2) is 0 Å². The Hall–Kier alpha value is -1.91. The summed E-state index contributed by atoms with van der Waals surface area (Å²) in [6, 6.07) is 3.67. The molecule has 0 saturated carbocycles. The van der Waals surface area contributed by atoms with Gasteiger partial charge < -0.3 is 10.2 Å². The standard InChI is InChI=1S/C15H23N3O2/c1-5-18(6-2)14(20)15(3,4)13(19)17-11-12-7-9-16-10-8-12/h7-10H,5-6,11H2,1-4H3,(H,17,19). The highest BCUT2D eigenvalue weighted by atomic mass is 16.2. The van der Waals surface area contributed by atoms with Crippen LogP contribution in [0.4, 0.5) is 0 Å². The predicted octanol–water partition coefficient (Wildman–Crippen LogP) is 1.59. The molecule has 5 heteroatoms. The van der Waals surface area contributed by atoms with E-state index >= 15 is 0 Å². The maximum atomic E-state index is 12.3. The number of hydrogen-bond acceptors (Lipinski definition) is 3. The molecule has 0 unspecified atom stereocenters. The minimum absolute atomic E-state index is 0.144. The summed E-state index contributed by atoms with van der Waals surface area (Å²) in [6.45, 7) is 8.76. The van der Waals surface area contributed by atoms with E-state index in [0.717, 1.165) is 5.56 Å². The van der Waals surface area contributed by atoms with Crippen molar-refractivity contribution >= 4 is 11.8 Å². The Morgan fingerprint density at radius 2 is 1.75 bits per heavy atom. The van der Waals surface area contributed by atoms with Crippen LogP contribution in [0.1, 0.15) is 33.3 Å². The van der Waals surface area contributed by atoms with E-state index in [1.165, 1.54) is 0 Å². The van der Waals surface area contributed by atoms with Crippen LogP contribution in [0.2, 0.25) is 0 Å². The number of amides is 2. The molecule has 0 spiro atoms. The van der Waals surface area contributed by atoms with Crippen molar-refractivity contribution in [2.45, 2.75) is 34.2 Å². The Labute approximate surface area is 120 Å². The summed E-state index contributed by atoms with van der Waals surface area (Å²) in [4.78, 5) is 30.2. The fourth-order valence-corrected chi connectivity index (χ4v) is 1.91. The fourth-order valence-electron chi connectivity index (χ4n) is 1.91. The number of nitrogens with one attached hydrogen (secondary N) is 1. The van der Waals surface area contributed by atoms with Crippen molar-refractivity contribution in [2.24, 2.45) is 5.41 Å². The lowest BCUT2D eigenvalue weighted by Crippen LogP contribution is -2.49. The summed E-state index contributed by atoms with van der Waals surface area (Å²) in [5, 5.41) is 2.81. The van der Waals surface area contributed by atoms with Crippen LogP contribution in [0.5, 0.6) is 0 Å². The van der Waals surface area contributed by atoms with E-state index < -0.39 is 5.41 Å². The van der Waals surface area contributed by atoms with Gasteiger partial charge in [0.05, 0.1) is 0 Å². The Kier molecular flexibility index (Phi) is 5.67. The molecule has 20 heavy (non-hydrogen) atoms. The van der Waals surface area contributed by atoms with E-state index in [0.29, 0.717) is 19.6 Å². The molecule has 110 valence electrons. The van der Waals surface area contributed by atoms with Crippen molar-refractivity contribution in [2.75, 3.05) is 13.1 Å². The van der Waals surface area contributed by atoms with E-state index in [1.54, 1.807) is 31.1 Å². The Morgan fingerprint density at radius 3 is 2.25 bits per heavy atom. The first kappa shape index (κ1) is 16.1. The molecule has 0 aliphatic rings. The van der Waals surface area contributed by atoms with Crippen molar-refractivity contribution < 1.29 is 9.59 Å². The number of aromatic nitrogens is 1. The highest BCUT2D eigenvalue weighted by molar-refractivity contribution is 6.04. The van der Waals surface area contributed by atoms with Crippen LogP contribution in [0.3, 0.4) is 0 Å². The van der Waals surface area contributed by atoms with Crippen LogP contribution < -0.4 is 5.32 Å². The van der Waals surface area contributed by atoms with Gasteiger partial charge in [-0.3, -0.25) is 14.6 Å². The molecular formula is C15H23N3O2. The van der Waals surface area contributed by atoms with Crippen LogP contribution in [-0.4, -0.2) is 34.8 Å². The van der Waals surface area contributed by atoms with Gasteiger partial charge in [0.1, 0.15) is 5.41 Å². The van der Waals surface area contributed by atoms with Crippen molar-refractivity contribution in [3.63, 3.8) is 0 Å². The predicted molar refractivity (Wildman–Crippen MR) is 77.8 cm³/mol. The summed E-state index contributed by atoms with van der Waals surface area (Å²) in [5.41, 5.74) is -0.0987. The molecule has 2 amide bonds. The molecule has 0 radical (unpaired) electrons. The van der Waals surface area contributed by atoms with Crippen LogP contribution in [0.15, 0.2) is 24.5 Å². The summed E-state index contributed by atoms with van der Waals surface area (Å²) in [7, 11) is 0. The molecule has 0 fully saturated rings. The zero-order valence-electron chi connectivity index (χ0n) is 12.6. The first-order valence-corrected chi connectivity index (χ1v) is 6.90. The molecule has 0 aliphatic heterocycles. The number of hydrogen-bond donors (Lipinski definition) is 1. The van der Waals surface area contributed by atoms with E-state index in [4.69, 9.17) is 0 Å².